The van der Waals surface area contributed by atoms with Gasteiger partial charge in [0.05, 0.1) is 0 Å². The van der Waals surface area contributed by atoms with E-state index in [-0.39, 0.29) is 0 Å². The van der Waals surface area contributed by atoms with E-state index < -0.39 is 0 Å². The Labute approximate surface area is 87.7 Å². The van der Waals surface area contributed by atoms with Crippen LogP contribution in [0.4, 0.5) is 0 Å². The maximum Gasteiger partial charge on any atom is 0.0212 e. The quantitative estimate of drug-likeness (QED) is 0.726. The van der Waals surface area contributed by atoms with E-state index in [0.717, 1.165) is 11.8 Å². The summed E-state index contributed by atoms with van der Waals surface area (Å²) in [5.74, 6) is 2.15. The van der Waals surface area contributed by atoms with Crippen molar-refractivity contribution in [2.24, 2.45) is 11.8 Å². The highest BCUT2D eigenvalue weighted by atomic mass is 15.0. The summed E-state index contributed by atoms with van der Waals surface area (Å²) >= 11 is 0. The topological polar surface area (TPSA) is 12.0 Å². The fourth-order valence-corrected chi connectivity index (χ4v) is 3.33. The first-order chi connectivity index (χ1) is 6.89. The Kier molecular flexibility index (Phi) is 2.31. The minimum Gasteiger partial charge on any atom is -0.311 e. The molecule has 0 aromatic rings. The summed E-state index contributed by atoms with van der Waals surface area (Å²) in [7, 11) is 0. The van der Waals surface area contributed by atoms with Crippen LogP contribution in [0.15, 0.2) is 0 Å². The molecule has 1 unspecified atom stereocenters. The summed E-state index contributed by atoms with van der Waals surface area (Å²) < 4.78 is 0. The number of hydrogen-bond acceptors (Lipinski definition) is 1. The van der Waals surface area contributed by atoms with Crippen molar-refractivity contribution in [3.8, 4) is 0 Å². The predicted octanol–water partition coefficient (Wildman–Crippen LogP) is 3.10. The van der Waals surface area contributed by atoms with E-state index in [4.69, 9.17) is 0 Å². The molecule has 1 nitrogen and oxygen atoms in total. The van der Waals surface area contributed by atoms with E-state index >= 15 is 0 Å². The van der Waals surface area contributed by atoms with Crippen molar-refractivity contribution in [2.75, 3.05) is 6.54 Å². The minimum atomic E-state index is 0.609. The summed E-state index contributed by atoms with van der Waals surface area (Å²) in [6, 6.07) is 0. The molecule has 1 atom stereocenters. The van der Waals surface area contributed by atoms with Crippen molar-refractivity contribution in [2.45, 2.75) is 63.3 Å². The SMILES string of the molecule is C1CCNC(CC2CC2)(C2CC2)CC1. The second kappa shape index (κ2) is 3.52. The van der Waals surface area contributed by atoms with Gasteiger partial charge in [0.15, 0.2) is 0 Å². The Morgan fingerprint density at radius 2 is 1.86 bits per heavy atom. The standard InChI is InChI=1S/C13H23N/c1-2-8-13(12-6-7-12,14-9-3-1)10-11-4-5-11/h11-12,14H,1-10H2. The van der Waals surface area contributed by atoms with E-state index in [0.29, 0.717) is 5.54 Å². The van der Waals surface area contributed by atoms with Crippen molar-refractivity contribution in [1.29, 1.82) is 0 Å². The van der Waals surface area contributed by atoms with Crippen molar-refractivity contribution in [3.63, 3.8) is 0 Å². The van der Waals surface area contributed by atoms with Gasteiger partial charge in [-0.25, -0.2) is 0 Å². The third kappa shape index (κ3) is 1.84. The Morgan fingerprint density at radius 1 is 1.00 bits per heavy atom. The van der Waals surface area contributed by atoms with Crippen LogP contribution in [0.3, 0.4) is 0 Å². The molecule has 1 aliphatic heterocycles. The van der Waals surface area contributed by atoms with Gasteiger partial charge in [-0.3, -0.25) is 0 Å². The minimum absolute atomic E-state index is 0.609. The van der Waals surface area contributed by atoms with Crippen LogP contribution in [-0.2, 0) is 0 Å². The molecular weight excluding hydrogens is 170 g/mol. The molecule has 0 bridgehead atoms. The van der Waals surface area contributed by atoms with Crippen LogP contribution in [0.2, 0.25) is 0 Å². The highest BCUT2D eigenvalue weighted by molar-refractivity contribution is 5.04. The van der Waals surface area contributed by atoms with Crippen LogP contribution in [-0.4, -0.2) is 12.1 Å². The lowest BCUT2D eigenvalue weighted by atomic mass is 9.83. The molecule has 0 aromatic heterocycles. The molecule has 3 aliphatic rings. The molecule has 3 rings (SSSR count). The van der Waals surface area contributed by atoms with E-state index in [1.807, 2.05) is 0 Å². The second-order valence-electron chi connectivity index (χ2n) is 5.82. The van der Waals surface area contributed by atoms with Gasteiger partial charge in [-0.05, 0) is 50.5 Å². The molecule has 0 aromatic carbocycles. The molecule has 14 heavy (non-hydrogen) atoms. The maximum atomic E-state index is 3.93. The lowest BCUT2D eigenvalue weighted by Crippen LogP contribution is -2.47. The molecule has 2 aliphatic carbocycles. The fraction of sp³-hybridized carbons (Fsp3) is 1.00. The van der Waals surface area contributed by atoms with Crippen LogP contribution >= 0.6 is 0 Å². The van der Waals surface area contributed by atoms with E-state index in [2.05, 4.69) is 5.32 Å². The van der Waals surface area contributed by atoms with E-state index in [9.17, 15) is 0 Å². The second-order valence-corrected chi connectivity index (χ2v) is 5.82. The molecule has 0 amide bonds. The first-order valence-electron chi connectivity index (χ1n) is 6.64. The van der Waals surface area contributed by atoms with Crippen LogP contribution in [0.1, 0.15) is 57.8 Å². The van der Waals surface area contributed by atoms with Gasteiger partial charge in [0, 0.05) is 5.54 Å². The fourth-order valence-electron chi connectivity index (χ4n) is 3.33. The summed E-state index contributed by atoms with van der Waals surface area (Å²) in [5.41, 5.74) is 0.609. The smallest absolute Gasteiger partial charge is 0.0212 e. The number of hydrogen-bond donors (Lipinski definition) is 1. The van der Waals surface area contributed by atoms with Crippen molar-refractivity contribution < 1.29 is 0 Å². The average molecular weight is 193 g/mol. The third-order valence-electron chi connectivity index (χ3n) is 4.49. The lowest BCUT2D eigenvalue weighted by Gasteiger charge is -2.34. The molecule has 0 radical (unpaired) electrons. The van der Waals surface area contributed by atoms with Crippen molar-refractivity contribution in [3.05, 3.63) is 0 Å². The van der Waals surface area contributed by atoms with Gasteiger partial charge in [-0.2, -0.15) is 0 Å². The maximum absolute atomic E-state index is 3.93. The first-order valence-corrected chi connectivity index (χ1v) is 6.64. The zero-order chi connectivity index (χ0) is 9.43. The van der Waals surface area contributed by atoms with Gasteiger partial charge in [-0.15, -0.1) is 0 Å². The molecule has 2 saturated carbocycles. The van der Waals surface area contributed by atoms with Crippen LogP contribution in [0.5, 0.6) is 0 Å². The molecule has 1 N–H and O–H groups in total. The van der Waals surface area contributed by atoms with Crippen molar-refractivity contribution in [1.82, 2.24) is 5.32 Å². The van der Waals surface area contributed by atoms with Gasteiger partial charge in [-0.1, -0.05) is 25.7 Å². The van der Waals surface area contributed by atoms with Gasteiger partial charge in [0.25, 0.3) is 0 Å². The summed E-state index contributed by atoms with van der Waals surface area (Å²) in [5, 5.41) is 3.93. The molecular formula is C13H23N. The van der Waals surface area contributed by atoms with Gasteiger partial charge < -0.3 is 5.32 Å². The number of rotatable bonds is 3. The van der Waals surface area contributed by atoms with Gasteiger partial charge in [0.2, 0.25) is 0 Å². The van der Waals surface area contributed by atoms with Gasteiger partial charge >= 0.3 is 0 Å². The van der Waals surface area contributed by atoms with E-state index in [1.165, 1.54) is 64.3 Å². The zero-order valence-electron chi connectivity index (χ0n) is 9.23. The summed E-state index contributed by atoms with van der Waals surface area (Å²) in [6.07, 6.45) is 13.4. The Balaban J connectivity index is 1.70. The van der Waals surface area contributed by atoms with E-state index in [1.54, 1.807) is 0 Å². The van der Waals surface area contributed by atoms with Crippen LogP contribution in [0, 0.1) is 11.8 Å². The molecule has 1 heterocycles. The molecule has 1 heteroatoms. The first kappa shape index (κ1) is 9.21. The number of nitrogens with one attached hydrogen (secondary N) is 1. The van der Waals surface area contributed by atoms with Crippen LogP contribution in [0.25, 0.3) is 0 Å². The Bertz CT molecular complexity index is 195. The molecule has 1 saturated heterocycles. The average Bonchev–Trinajstić information content (AvgIpc) is 3.05. The molecule has 80 valence electrons. The van der Waals surface area contributed by atoms with Gasteiger partial charge in [0.1, 0.15) is 0 Å². The van der Waals surface area contributed by atoms with Crippen molar-refractivity contribution >= 4 is 0 Å². The molecule has 0 spiro atoms. The third-order valence-corrected chi connectivity index (χ3v) is 4.49. The molecule has 3 fully saturated rings. The highest BCUT2D eigenvalue weighted by Crippen LogP contribution is 2.50. The monoisotopic (exact) mass is 193 g/mol. The zero-order valence-corrected chi connectivity index (χ0v) is 9.23. The predicted molar refractivity (Wildman–Crippen MR) is 59.3 cm³/mol. The lowest BCUT2D eigenvalue weighted by molar-refractivity contribution is 0.241. The summed E-state index contributed by atoms with van der Waals surface area (Å²) in [4.78, 5) is 0. The largest absolute Gasteiger partial charge is 0.311 e. The Hall–Kier alpha value is -0.0400. The Morgan fingerprint density at radius 3 is 2.57 bits per heavy atom. The van der Waals surface area contributed by atoms with Crippen LogP contribution < -0.4 is 5.32 Å². The highest BCUT2D eigenvalue weighted by Gasteiger charge is 2.47. The normalized spacial score (nSPS) is 39.4. The summed E-state index contributed by atoms with van der Waals surface area (Å²) in [6.45, 7) is 1.29.